The monoisotopic (exact) mass is 314 g/mol. The molecule has 1 atom stereocenters. The zero-order valence-electron chi connectivity index (χ0n) is 8.99. The first-order chi connectivity index (χ1) is 8.20. The standard InChI is InChI=1S/C12H12BrClN2O/c13-11-4-3-8(14)6-10(11)12(16-15)7-9-2-1-5-17-9/h1-6,12,16H,7,15H2. The molecule has 2 aromatic rings. The molecule has 90 valence electrons. The van der Waals surface area contributed by atoms with E-state index < -0.39 is 0 Å². The Morgan fingerprint density at radius 2 is 2.24 bits per heavy atom. The van der Waals surface area contributed by atoms with E-state index in [0.29, 0.717) is 11.4 Å². The molecule has 1 heterocycles. The van der Waals surface area contributed by atoms with E-state index in [4.69, 9.17) is 21.9 Å². The molecule has 1 aromatic carbocycles. The lowest BCUT2D eigenvalue weighted by molar-refractivity contribution is 0.454. The van der Waals surface area contributed by atoms with E-state index in [1.165, 1.54) is 0 Å². The normalized spacial score (nSPS) is 12.6. The van der Waals surface area contributed by atoms with Crippen molar-refractivity contribution in [2.75, 3.05) is 0 Å². The molecule has 0 saturated heterocycles. The first-order valence-corrected chi connectivity index (χ1v) is 6.31. The summed E-state index contributed by atoms with van der Waals surface area (Å²) in [7, 11) is 0. The minimum atomic E-state index is -0.0470. The molecule has 0 amide bonds. The number of rotatable bonds is 4. The van der Waals surface area contributed by atoms with Crippen molar-refractivity contribution in [3.63, 3.8) is 0 Å². The van der Waals surface area contributed by atoms with Gasteiger partial charge < -0.3 is 4.42 Å². The van der Waals surface area contributed by atoms with Gasteiger partial charge in [-0.1, -0.05) is 27.5 Å². The average molecular weight is 316 g/mol. The van der Waals surface area contributed by atoms with Crippen molar-refractivity contribution in [2.24, 2.45) is 5.84 Å². The zero-order chi connectivity index (χ0) is 12.3. The Balaban J connectivity index is 2.25. The van der Waals surface area contributed by atoms with Crippen LogP contribution in [0, 0.1) is 0 Å². The van der Waals surface area contributed by atoms with Gasteiger partial charge in [0.15, 0.2) is 0 Å². The predicted octanol–water partition coefficient (Wildman–Crippen LogP) is 3.44. The van der Waals surface area contributed by atoms with Crippen LogP contribution in [0.1, 0.15) is 17.4 Å². The van der Waals surface area contributed by atoms with Crippen molar-refractivity contribution in [3.8, 4) is 0 Å². The van der Waals surface area contributed by atoms with Crippen molar-refractivity contribution in [1.29, 1.82) is 0 Å². The summed E-state index contributed by atoms with van der Waals surface area (Å²) in [4.78, 5) is 0. The fourth-order valence-electron chi connectivity index (χ4n) is 1.67. The summed E-state index contributed by atoms with van der Waals surface area (Å²) in [5.74, 6) is 6.46. The van der Waals surface area contributed by atoms with E-state index >= 15 is 0 Å². The molecule has 17 heavy (non-hydrogen) atoms. The summed E-state index contributed by atoms with van der Waals surface area (Å²) < 4.78 is 6.28. The van der Waals surface area contributed by atoms with Gasteiger partial charge >= 0.3 is 0 Å². The fraction of sp³-hybridized carbons (Fsp3) is 0.167. The van der Waals surface area contributed by atoms with E-state index in [9.17, 15) is 0 Å². The second kappa shape index (κ2) is 5.69. The molecule has 1 aromatic heterocycles. The molecule has 0 fully saturated rings. The molecule has 0 aliphatic heterocycles. The van der Waals surface area contributed by atoms with Crippen LogP contribution in [0.2, 0.25) is 5.02 Å². The Kier molecular flexibility index (Phi) is 4.23. The summed E-state index contributed by atoms with van der Waals surface area (Å²) in [5, 5.41) is 0.683. The van der Waals surface area contributed by atoms with E-state index in [0.717, 1.165) is 15.8 Å². The molecule has 5 heteroatoms. The van der Waals surface area contributed by atoms with Crippen LogP contribution >= 0.6 is 27.5 Å². The summed E-state index contributed by atoms with van der Waals surface area (Å²) in [6, 6.07) is 9.35. The van der Waals surface area contributed by atoms with Gasteiger partial charge in [-0.15, -0.1) is 0 Å². The number of nitrogens with two attached hydrogens (primary N) is 1. The first-order valence-electron chi connectivity index (χ1n) is 5.14. The van der Waals surface area contributed by atoms with Crippen molar-refractivity contribution in [3.05, 3.63) is 57.4 Å². The quantitative estimate of drug-likeness (QED) is 0.671. The summed E-state index contributed by atoms with van der Waals surface area (Å²) in [6.45, 7) is 0. The fourth-order valence-corrected chi connectivity index (χ4v) is 2.37. The van der Waals surface area contributed by atoms with Crippen LogP contribution in [0.25, 0.3) is 0 Å². The lowest BCUT2D eigenvalue weighted by Gasteiger charge is -2.17. The third kappa shape index (κ3) is 3.10. The van der Waals surface area contributed by atoms with Gasteiger partial charge in [0.2, 0.25) is 0 Å². The van der Waals surface area contributed by atoms with Crippen molar-refractivity contribution in [1.82, 2.24) is 5.43 Å². The number of nitrogens with one attached hydrogen (secondary N) is 1. The lowest BCUT2D eigenvalue weighted by Crippen LogP contribution is -2.29. The molecule has 0 spiro atoms. The Morgan fingerprint density at radius 3 is 2.88 bits per heavy atom. The van der Waals surface area contributed by atoms with Gasteiger partial charge in [-0.3, -0.25) is 11.3 Å². The third-order valence-electron chi connectivity index (χ3n) is 2.52. The number of hydrazine groups is 1. The van der Waals surface area contributed by atoms with Gasteiger partial charge in [-0.2, -0.15) is 0 Å². The maximum atomic E-state index is 5.99. The number of furan rings is 1. The van der Waals surface area contributed by atoms with Gasteiger partial charge in [-0.05, 0) is 35.9 Å². The molecular weight excluding hydrogens is 304 g/mol. The molecule has 0 bridgehead atoms. The molecule has 0 saturated carbocycles. The SMILES string of the molecule is NNC(Cc1ccco1)c1cc(Cl)ccc1Br. The summed E-state index contributed by atoms with van der Waals surface area (Å²) >= 11 is 9.48. The van der Waals surface area contributed by atoms with Crippen LogP contribution in [0.3, 0.4) is 0 Å². The number of benzene rings is 1. The van der Waals surface area contributed by atoms with Gasteiger partial charge in [0, 0.05) is 15.9 Å². The van der Waals surface area contributed by atoms with Crippen LogP contribution in [0.5, 0.6) is 0 Å². The number of halogens is 2. The largest absolute Gasteiger partial charge is 0.469 e. The first kappa shape index (κ1) is 12.6. The summed E-state index contributed by atoms with van der Waals surface area (Å²) in [5.41, 5.74) is 3.79. The average Bonchev–Trinajstić information content (AvgIpc) is 2.82. The van der Waals surface area contributed by atoms with E-state index in [1.54, 1.807) is 6.26 Å². The Labute approximate surface area is 113 Å². The maximum absolute atomic E-state index is 5.99. The molecule has 0 aliphatic rings. The van der Waals surface area contributed by atoms with Gasteiger partial charge in [0.25, 0.3) is 0 Å². The highest BCUT2D eigenvalue weighted by Gasteiger charge is 2.15. The van der Waals surface area contributed by atoms with Crippen molar-refractivity contribution in [2.45, 2.75) is 12.5 Å². The predicted molar refractivity (Wildman–Crippen MR) is 71.6 cm³/mol. The molecule has 2 rings (SSSR count). The smallest absolute Gasteiger partial charge is 0.105 e. The zero-order valence-corrected chi connectivity index (χ0v) is 11.3. The molecule has 1 unspecified atom stereocenters. The van der Waals surface area contributed by atoms with E-state index in [2.05, 4.69) is 21.4 Å². The van der Waals surface area contributed by atoms with Gasteiger partial charge in [0.05, 0.1) is 12.3 Å². The summed E-state index contributed by atoms with van der Waals surface area (Å²) in [6.07, 6.45) is 2.32. The van der Waals surface area contributed by atoms with E-state index in [-0.39, 0.29) is 6.04 Å². The Bertz CT molecular complexity index is 487. The topological polar surface area (TPSA) is 51.2 Å². The highest BCUT2D eigenvalue weighted by atomic mass is 79.9. The van der Waals surface area contributed by atoms with Crippen LogP contribution < -0.4 is 11.3 Å². The number of hydrogen-bond acceptors (Lipinski definition) is 3. The van der Waals surface area contributed by atoms with Crippen molar-refractivity contribution >= 4 is 27.5 Å². The minimum Gasteiger partial charge on any atom is -0.469 e. The Morgan fingerprint density at radius 1 is 1.41 bits per heavy atom. The second-order valence-corrected chi connectivity index (χ2v) is 4.96. The van der Waals surface area contributed by atoms with Crippen molar-refractivity contribution < 1.29 is 4.42 Å². The molecular formula is C12H12BrClN2O. The van der Waals surface area contributed by atoms with Gasteiger partial charge in [-0.25, -0.2) is 0 Å². The van der Waals surface area contributed by atoms with Crippen LogP contribution in [-0.2, 0) is 6.42 Å². The van der Waals surface area contributed by atoms with Crippen LogP contribution in [-0.4, -0.2) is 0 Å². The molecule has 3 nitrogen and oxygen atoms in total. The van der Waals surface area contributed by atoms with Crippen LogP contribution in [0.4, 0.5) is 0 Å². The van der Waals surface area contributed by atoms with E-state index in [1.807, 2.05) is 30.3 Å². The van der Waals surface area contributed by atoms with Crippen LogP contribution in [0.15, 0.2) is 45.5 Å². The third-order valence-corrected chi connectivity index (χ3v) is 3.48. The maximum Gasteiger partial charge on any atom is 0.105 e. The molecule has 3 N–H and O–H groups in total. The van der Waals surface area contributed by atoms with Gasteiger partial charge in [0.1, 0.15) is 5.76 Å². The minimum absolute atomic E-state index is 0.0470. The molecule has 0 aliphatic carbocycles. The highest BCUT2D eigenvalue weighted by Crippen LogP contribution is 2.28. The highest BCUT2D eigenvalue weighted by molar-refractivity contribution is 9.10. The molecule has 0 radical (unpaired) electrons. The Hall–Kier alpha value is -0.810. The lowest BCUT2D eigenvalue weighted by atomic mass is 10.0. The second-order valence-electron chi connectivity index (χ2n) is 3.67. The number of hydrogen-bond donors (Lipinski definition) is 2.